The lowest BCUT2D eigenvalue weighted by Gasteiger charge is -2.30. The third-order valence-corrected chi connectivity index (χ3v) is 3.65. The predicted molar refractivity (Wildman–Crippen MR) is 76.7 cm³/mol. The van der Waals surface area contributed by atoms with E-state index in [-0.39, 0.29) is 5.82 Å². The normalized spacial score (nSPS) is 15.8. The number of benzene rings is 1. The van der Waals surface area contributed by atoms with Crippen molar-refractivity contribution < 1.29 is 14.3 Å². The zero-order valence-corrected chi connectivity index (χ0v) is 11.7. The Kier molecular flexibility index (Phi) is 4.90. The van der Waals surface area contributed by atoms with E-state index in [2.05, 4.69) is 4.90 Å². The zero-order valence-electron chi connectivity index (χ0n) is 11.7. The van der Waals surface area contributed by atoms with E-state index < -0.39 is 5.97 Å². The van der Waals surface area contributed by atoms with Crippen molar-refractivity contribution in [1.82, 2.24) is 4.90 Å². The molecule has 0 bridgehead atoms. The molecule has 0 aliphatic heterocycles. The summed E-state index contributed by atoms with van der Waals surface area (Å²) in [6.07, 6.45) is 6.35. The molecule has 0 radical (unpaired) electrons. The van der Waals surface area contributed by atoms with Crippen LogP contribution in [0.4, 0.5) is 4.39 Å². The maximum Gasteiger partial charge on any atom is 0.328 e. The molecule has 0 amide bonds. The van der Waals surface area contributed by atoms with E-state index in [1.165, 1.54) is 37.5 Å². The summed E-state index contributed by atoms with van der Waals surface area (Å²) in [6.45, 7) is 1.72. The molecule has 1 aromatic carbocycles. The van der Waals surface area contributed by atoms with Crippen LogP contribution in [0.15, 0.2) is 24.3 Å². The Morgan fingerprint density at radius 2 is 2.20 bits per heavy atom. The van der Waals surface area contributed by atoms with Crippen molar-refractivity contribution in [3.63, 3.8) is 0 Å². The van der Waals surface area contributed by atoms with Gasteiger partial charge in [0.1, 0.15) is 5.82 Å². The van der Waals surface area contributed by atoms with Crippen LogP contribution in [-0.4, -0.2) is 29.6 Å². The maximum absolute atomic E-state index is 13.5. The number of halogens is 1. The minimum atomic E-state index is -1.03. The number of carbonyl (C=O) groups is 1. The van der Waals surface area contributed by atoms with Gasteiger partial charge in [-0.25, -0.2) is 9.18 Å². The van der Waals surface area contributed by atoms with E-state index in [1.54, 1.807) is 0 Å². The van der Waals surface area contributed by atoms with E-state index in [1.807, 2.05) is 13.1 Å². The van der Waals surface area contributed by atoms with E-state index >= 15 is 0 Å². The van der Waals surface area contributed by atoms with E-state index in [9.17, 15) is 9.18 Å². The fourth-order valence-electron chi connectivity index (χ4n) is 2.52. The van der Waals surface area contributed by atoms with Crippen LogP contribution in [0, 0.1) is 11.7 Å². The number of hydrogen-bond acceptors (Lipinski definition) is 2. The Morgan fingerprint density at radius 3 is 2.80 bits per heavy atom. The van der Waals surface area contributed by atoms with Crippen molar-refractivity contribution in [1.29, 1.82) is 0 Å². The molecule has 0 saturated heterocycles. The van der Waals surface area contributed by atoms with Gasteiger partial charge in [0.25, 0.3) is 0 Å². The molecule has 1 aliphatic rings. The average Bonchev–Trinajstić information content (AvgIpc) is 2.31. The largest absolute Gasteiger partial charge is 0.478 e. The van der Waals surface area contributed by atoms with Crippen molar-refractivity contribution in [2.45, 2.75) is 25.8 Å². The summed E-state index contributed by atoms with van der Waals surface area (Å²) >= 11 is 0. The van der Waals surface area contributed by atoms with Gasteiger partial charge in [0.2, 0.25) is 0 Å². The van der Waals surface area contributed by atoms with Crippen LogP contribution in [0.1, 0.15) is 30.4 Å². The van der Waals surface area contributed by atoms with Crippen LogP contribution in [0.5, 0.6) is 0 Å². The van der Waals surface area contributed by atoms with Crippen molar-refractivity contribution in [3.8, 4) is 0 Å². The predicted octanol–water partition coefficient (Wildman–Crippen LogP) is 3.16. The Balaban J connectivity index is 2.00. The molecule has 1 aromatic rings. The first-order chi connectivity index (χ1) is 9.52. The lowest BCUT2D eigenvalue weighted by molar-refractivity contribution is -0.131. The molecule has 2 rings (SSSR count). The Hall–Kier alpha value is -1.68. The molecule has 1 N–H and O–H groups in total. The van der Waals surface area contributed by atoms with Crippen LogP contribution in [0.3, 0.4) is 0 Å². The molecule has 3 nitrogen and oxygen atoms in total. The van der Waals surface area contributed by atoms with Crippen molar-refractivity contribution in [2.24, 2.45) is 5.92 Å². The van der Waals surface area contributed by atoms with Gasteiger partial charge in [-0.2, -0.15) is 0 Å². The molecule has 1 aliphatic carbocycles. The highest BCUT2D eigenvalue weighted by atomic mass is 19.1. The molecule has 0 aromatic heterocycles. The highest BCUT2D eigenvalue weighted by molar-refractivity contribution is 5.85. The molecule has 0 spiro atoms. The minimum absolute atomic E-state index is 0.329. The minimum Gasteiger partial charge on any atom is -0.478 e. The standard InChI is InChI=1S/C16H20FNO2/c1-18(10-12-3-2-4-12)11-14-7-13(5-6-16(19)20)8-15(17)9-14/h5-9,12H,2-4,10-11H2,1H3,(H,19,20). The quantitative estimate of drug-likeness (QED) is 0.812. The highest BCUT2D eigenvalue weighted by Gasteiger charge is 2.19. The monoisotopic (exact) mass is 277 g/mol. The van der Waals surface area contributed by atoms with Gasteiger partial charge in [-0.05, 0) is 55.1 Å². The van der Waals surface area contributed by atoms with Crippen LogP contribution in [-0.2, 0) is 11.3 Å². The van der Waals surface area contributed by atoms with E-state index in [0.717, 1.165) is 24.1 Å². The maximum atomic E-state index is 13.5. The van der Waals surface area contributed by atoms with Gasteiger partial charge in [-0.1, -0.05) is 12.5 Å². The molecule has 0 unspecified atom stereocenters. The number of hydrogen-bond donors (Lipinski definition) is 1. The third-order valence-electron chi connectivity index (χ3n) is 3.65. The molecule has 4 heteroatoms. The fourth-order valence-corrected chi connectivity index (χ4v) is 2.52. The molecule has 0 heterocycles. The summed E-state index contributed by atoms with van der Waals surface area (Å²) in [5.74, 6) is -0.581. The van der Waals surface area contributed by atoms with Crippen LogP contribution in [0.25, 0.3) is 6.08 Å². The van der Waals surface area contributed by atoms with Crippen molar-refractivity contribution in [3.05, 3.63) is 41.2 Å². The molecular weight excluding hydrogens is 257 g/mol. The number of rotatable bonds is 6. The van der Waals surface area contributed by atoms with Gasteiger partial charge < -0.3 is 10.0 Å². The van der Waals surface area contributed by atoms with E-state index in [4.69, 9.17) is 5.11 Å². The Labute approximate surface area is 118 Å². The molecule has 20 heavy (non-hydrogen) atoms. The Morgan fingerprint density at radius 1 is 1.45 bits per heavy atom. The second-order valence-electron chi connectivity index (χ2n) is 5.56. The van der Waals surface area contributed by atoms with Gasteiger partial charge in [0, 0.05) is 19.2 Å². The zero-order chi connectivity index (χ0) is 14.5. The molecule has 108 valence electrons. The second-order valence-corrected chi connectivity index (χ2v) is 5.56. The number of carboxylic acids is 1. The molecular formula is C16H20FNO2. The lowest BCUT2D eigenvalue weighted by atomic mass is 9.85. The smallest absolute Gasteiger partial charge is 0.328 e. The van der Waals surface area contributed by atoms with Gasteiger partial charge in [-0.3, -0.25) is 0 Å². The van der Waals surface area contributed by atoms with Gasteiger partial charge in [0.05, 0.1) is 0 Å². The van der Waals surface area contributed by atoms with Crippen LogP contribution >= 0.6 is 0 Å². The van der Waals surface area contributed by atoms with Crippen molar-refractivity contribution >= 4 is 12.0 Å². The summed E-state index contributed by atoms with van der Waals surface area (Å²) in [7, 11) is 2.04. The molecule has 0 atom stereocenters. The average molecular weight is 277 g/mol. The first-order valence-corrected chi connectivity index (χ1v) is 6.92. The fraction of sp³-hybridized carbons (Fsp3) is 0.438. The van der Waals surface area contributed by atoms with Crippen molar-refractivity contribution in [2.75, 3.05) is 13.6 Å². The van der Waals surface area contributed by atoms with E-state index in [0.29, 0.717) is 12.1 Å². The summed E-state index contributed by atoms with van der Waals surface area (Å²) in [5, 5.41) is 8.60. The van der Waals surface area contributed by atoms with Gasteiger partial charge >= 0.3 is 5.97 Å². The first kappa shape index (κ1) is 14.7. The topological polar surface area (TPSA) is 40.5 Å². The highest BCUT2D eigenvalue weighted by Crippen LogP contribution is 2.27. The first-order valence-electron chi connectivity index (χ1n) is 6.92. The SMILES string of the molecule is CN(Cc1cc(F)cc(C=CC(=O)O)c1)CC1CCC1. The molecule has 1 fully saturated rings. The second kappa shape index (κ2) is 6.66. The lowest BCUT2D eigenvalue weighted by Crippen LogP contribution is -2.29. The summed E-state index contributed by atoms with van der Waals surface area (Å²) in [4.78, 5) is 12.7. The Bertz CT molecular complexity index is 509. The number of nitrogens with zero attached hydrogens (tertiary/aromatic N) is 1. The van der Waals surface area contributed by atoms with Gasteiger partial charge in [-0.15, -0.1) is 0 Å². The molecule has 1 saturated carbocycles. The summed E-state index contributed by atoms with van der Waals surface area (Å²) in [5.41, 5.74) is 1.45. The van der Waals surface area contributed by atoms with Gasteiger partial charge in [0.15, 0.2) is 0 Å². The van der Waals surface area contributed by atoms with Crippen LogP contribution < -0.4 is 0 Å². The summed E-state index contributed by atoms with van der Waals surface area (Å²) in [6, 6.07) is 4.68. The third kappa shape index (κ3) is 4.46. The number of aliphatic carboxylic acids is 1. The summed E-state index contributed by atoms with van der Waals surface area (Å²) < 4.78 is 13.5. The number of carboxylic acid groups (broad SMARTS) is 1. The van der Waals surface area contributed by atoms with Crippen LogP contribution in [0.2, 0.25) is 0 Å².